The molecule has 6 heteroatoms. The molecule has 1 aromatic rings. The number of alkyl halides is 2. The van der Waals surface area contributed by atoms with Crippen LogP contribution in [0.3, 0.4) is 0 Å². The van der Waals surface area contributed by atoms with Gasteiger partial charge in [-0.3, -0.25) is 10.1 Å². The molecular weight excluding hydrogens is 204 g/mol. The largest absolute Gasteiger partial charge is 0.478 e. The second-order valence-electron chi connectivity index (χ2n) is 3.08. The van der Waals surface area contributed by atoms with Crippen molar-refractivity contribution in [2.75, 3.05) is 6.61 Å². The van der Waals surface area contributed by atoms with Crippen molar-refractivity contribution in [3.05, 3.63) is 17.5 Å². The zero-order valence-corrected chi connectivity index (χ0v) is 8.63. The summed E-state index contributed by atoms with van der Waals surface area (Å²) >= 11 is 0. The monoisotopic (exact) mass is 217 g/mol. The molecule has 0 fully saturated rings. The van der Waals surface area contributed by atoms with Gasteiger partial charge in [0.2, 0.25) is 5.90 Å². The smallest absolute Gasteiger partial charge is 0.282 e. The summed E-state index contributed by atoms with van der Waals surface area (Å²) in [7, 11) is 1.53. The molecule has 1 rings (SSSR count). The van der Waals surface area contributed by atoms with Gasteiger partial charge in [0.1, 0.15) is 5.69 Å². The molecule has 1 aromatic heterocycles. The standard InChI is InChI=1S/C9H13F2N3O/c1-3-4-15-9(12)6-5-14(2)13-7(6)8(10)11/h5,8,12H,3-4H2,1-2H3. The second kappa shape index (κ2) is 4.86. The van der Waals surface area contributed by atoms with E-state index in [4.69, 9.17) is 10.1 Å². The minimum Gasteiger partial charge on any atom is -0.478 e. The fourth-order valence-electron chi connectivity index (χ4n) is 1.12. The topological polar surface area (TPSA) is 50.9 Å². The zero-order valence-electron chi connectivity index (χ0n) is 8.63. The molecule has 0 aliphatic carbocycles. The van der Waals surface area contributed by atoms with Crippen LogP contribution in [-0.4, -0.2) is 22.3 Å². The predicted octanol–water partition coefficient (Wildman–Crippen LogP) is 2.11. The summed E-state index contributed by atoms with van der Waals surface area (Å²) in [5.74, 6) is -0.250. The van der Waals surface area contributed by atoms with Gasteiger partial charge in [-0.15, -0.1) is 0 Å². The van der Waals surface area contributed by atoms with E-state index in [2.05, 4.69) is 5.10 Å². The van der Waals surface area contributed by atoms with Crippen LogP contribution in [0.15, 0.2) is 6.20 Å². The van der Waals surface area contributed by atoms with Gasteiger partial charge in [0.15, 0.2) is 0 Å². The maximum Gasteiger partial charge on any atom is 0.282 e. The Labute approximate surface area is 86.4 Å². The number of aromatic nitrogens is 2. The molecule has 0 spiro atoms. The van der Waals surface area contributed by atoms with E-state index in [1.54, 1.807) is 0 Å². The van der Waals surface area contributed by atoms with Crippen molar-refractivity contribution < 1.29 is 13.5 Å². The van der Waals surface area contributed by atoms with Gasteiger partial charge in [0, 0.05) is 13.2 Å². The maximum absolute atomic E-state index is 12.5. The van der Waals surface area contributed by atoms with Crippen molar-refractivity contribution in [1.82, 2.24) is 9.78 Å². The normalized spacial score (nSPS) is 10.7. The average Bonchev–Trinajstić information content (AvgIpc) is 2.57. The zero-order chi connectivity index (χ0) is 11.4. The van der Waals surface area contributed by atoms with Crippen LogP contribution in [0, 0.1) is 5.41 Å². The molecule has 0 amide bonds. The highest BCUT2D eigenvalue weighted by Crippen LogP contribution is 2.21. The van der Waals surface area contributed by atoms with Crippen LogP contribution in [0.2, 0.25) is 0 Å². The van der Waals surface area contributed by atoms with Gasteiger partial charge in [0.25, 0.3) is 6.43 Å². The molecular formula is C9H13F2N3O. The minimum absolute atomic E-state index is 0.0564. The Hall–Kier alpha value is -1.46. The summed E-state index contributed by atoms with van der Waals surface area (Å²) < 4.78 is 31.2. The summed E-state index contributed by atoms with van der Waals surface area (Å²) in [5, 5.41) is 11.1. The van der Waals surface area contributed by atoms with Crippen molar-refractivity contribution in [2.24, 2.45) is 7.05 Å². The lowest BCUT2D eigenvalue weighted by atomic mass is 10.2. The number of hydrogen-bond donors (Lipinski definition) is 1. The van der Waals surface area contributed by atoms with Crippen LogP contribution in [0.5, 0.6) is 0 Å². The summed E-state index contributed by atoms with van der Waals surface area (Å²) in [4.78, 5) is 0. The molecule has 0 aliphatic heterocycles. The Morgan fingerprint density at radius 2 is 2.33 bits per heavy atom. The Kier molecular flexibility index (Phi) is 3.76. The van der Waals surface area contributed by atoms with E-state index < -0.39 is 12.1 Å². The molecule has 15 heavy (non-hydrogen) atoms. The average molecular weight is 217 g/mol. The molecule has 0 bridgehead atoms. The van der Waals surface area contributed by atoms with Crippen LogP contribution in [-0.2, 0) is 11.8 Å². The van der Waals surface area contributed by atoms with Crippen molar-refractivity contribution >= 4 is 5.90 Å². The third kappa shape index (κ3) is 2.74. The highest BCUT2D eigenvalue weighted by Gasteiger charge is 2.21. The van der Waals surface area contributed by atoms with Gasteiger partial charge in [-0.2, -0.15) is 5.10 Å². The van der Waals surface area contributed by atoms with E-state index in [1.807, 2.05) is 6.92 Å². The number of rotatable bonds is 4. The Bertz CT molecular complexity index is 349. The number of aryl methyl sites for hydroxylation is 1. The fourth-order valence-corrected chi connectivity index (χ4v) is 1.12. The molecule has 84 valence electrons. The number of hydrogen-bond acceptors (Lipinski definition) is 3. The molecule has 1 N–H and O–H groups in total. The second-order valence-corrected chi connectivity index (χ2v) is 3.08. The van der Waals surface area contributed by atoms with Gasteiger partial charge in [0.05, 0.1) is 12.2 Å². The lowest BCUT2D eigenvalue weighted by Crippen LogP contribution is -2.07. The predicted molar refractivity (Wildman–Crippen MR) is 51.2 cm³/mol. The van der Waals surface area contributed by atoms with Crippen LogP contribution < -0.4 is 0 Å². The van der Waals surface area contributed by atoms with Crippen LogP contribution in [0.4, 0.5) is 8.78 Å². The van der Waals surface area contributed by atoms with Crippen LogP contribution >= 0.6 is 0 Å². The van der Waals surface area contributed by atoms with Crippen molar-refractivity contribution in [1.29, 1.82) is 5.41 Å². The number of nitrogens with zero attached hydrogens (tertiary/aromatic N) is 2. The molecule has 0 aliphatic rings. The van der Waals surface area contributed by atoms with Gasteiger partial charge in [-0.25, -0.2) is 8.78 Å². The van der Waals surface area contributed by atoms with Crippen LogP contribution in [0.1, 0.15) is 31.0 Å². The summed E-state index contributed by atoms with van der Waals surface area (Å²) in [6.07, 6.45) is -0.599. The van der Waals surface area contributed by atoms with E-state index >= 15 is 0 Å². The maximum atomic E-state index is 12.5. The number of ether oxygens (including phenoxy) is 1. The first-order valence-electron chi connectivity index (χ1n) is 4.59. The van der Waals surface area contributed by atoms with E-state index in [0.29, 0.717) is 6.61 Å². The Morgan fingerprint density at radius 3 is 2.87 bits per heavy atom. The first kappa shape index (κ1) is 11.6. The summed E-state index contributed by atoms with van der Waals surface area (Å²) in [5.41, 5.74) is -0.348. The first-order valence-corrected chi connectivity index (χ1v) is 4.59. The highest BCUT2D eigenvalue weighted by molar-refractivity contribution is 5.92. The van der Waals surface area contributed by atoms with E-state index in [0.717, 1.165) is 6.42 Å². The summed E-state index contributed by atoms with van der Waals surface area (Å²) in [6, 6.07) is 0. The van der Waals surface area contributed by atoms with Crippen LogP contribution in [0.25, 0.3) is 0 Å². The summed E-state index contributed by atoms with van der Waals surface area (Å²) in [6.45, 7) is 2.22. The molecule has 0 aromatic carbocycles. The molecule has 0 saturated carbocycles. The molecule has 1 heterocycles. The number of nitrogens with one attached hydrogen (secondary N) is 1. The lowest BCUT2D eigenvalue weighted by Gasteiger charge is -2.05. The van der Waals surface area contributed by atoms with Crippen molar-refractivity contribution in [2.45, 2.75) is 19.8 Å². The van der Waals surface area contributed by atoms with E-state index in [-0.39, 0.29) is 11.5 Å². The first-order chi connectivity index (χ1) is 7.06. The molecule has 0 saturated heterocycles. The molecule has 0 atom stereocenters. The third-order valence-electron chi connectivity index (χ3n) is 1.76. The third-order valence-corrected chi connectivity index (χ3v) is 1.76. The van der Waals surface area contributed by atoms with Crippen molar-refractivity contribution in [3.8, 4) is 0 Å². The van der Waals surface area contributed by atoms with Gasteiger partial charge in [-0.1, -0.05) is 6.92 Å². The van der Waals surface area contributed by atoms with E-state index in [9.17, 15) is 8.78 Å². The Morgan fingerprint density at radius 1 is 1.67 bits per heavy atom. The van der Waals surface area contributed by atoms with Gasteiger partial charge in [-0.05, 0) is 6.42 Å². The minimum atomic E-state index is -2.69. The SMILES string of the molecule is CCCOC(=N)c1cn(C)nc1C(F)F. The lowest BCUT2D eigenvalue weighted by molar-refractivity contribution is 0.144. The Balaban J connectivity index is 2.87. The molecule has 0 unspecified atom stereocenters. The highest BCUT2D eigenvalue weighted by atomic mass is 19.3. The van der Waals surface area contributed by atoms with Crippen molar-refractivity contribution in [3.63, 3.8) is 0 Å². The molecule has 4 nitrogen and oxygen atoms in total. The molecule has 0 radical (unpaired) electrons. The van der Waals surface area contributed by atoms with Gasteiger partial charge < -0.3 is 4.74 Å². The van der Waals surface area contributed by atoms with E-state index in [1.165, 1.54) is 17.9 Å². The fraction of sp³-hybridized carbons (Fsp3) is 0.556. The van der Waals surface area contributed by atoms with Gasteiger partial charge >= 0.3 is 0 Å². The quantitative estimate of drug-likeness (QED) is 0.620. The number of halogens is 2.